The molecule has 18 heavy (non-hydrogen) atoms. The smallest absolute Gasteiger partial charge is 0.122 e. The van der Waals surface area contributed by atoms with E-state index in [2.05, 4.69) is 39.9 Å². The molecule has 3 heteroatoms. The molecule has 0 spiro atoms. The molecule has 0 heterocycles. The van der Waals surface area contributed by atoms with Crippen LogP contribution in [0.25, 0.3) is 0 Å². The number of rotatable bonds is 4. The summed E-state index contributed by atoms with van der Waals surface area (Å²) in [5.41, 5.74) is 1.20. The second kappa shape index (κ2) is 5.50. The molecule has 0 saturated heterocycles. The minimum atomic E-state index is -0.0382. The highest BCUT2D eigenvalue weighted by molar-refractivity contribution is 6.30. The second-order valence-electron chi connectivity index (χ2n) is 6.33. The van der Waals surface area contributed by atoms with Crippen molar-refractivity contribution in [3.8, 4) is 5.75 Å². The molecule has 1 N–H and O–H groups in total. The van der Waals surface area contributed by atoms with E-state index in [0.29, 0.717) is 0 Å². The first-order chi connectivity index (χ1) is 8.15. The molecule has 1 aromatic rings. The fraction of sp³-hybridized carbons (Fsp3) is 0.600. The Morgan fingerprint density at radius 1 is 1.17 bits per heavy atom. The Kier molecular flexibility index (Phi) is 4.68. The first kappa shape index (κ1) is 15.3. The minimum Gasteiger partial charge on any atom is -0.496 e. The molecule has 0 radical (unpaired) electrons. The second-order valence-corrected chi connectivity index (χ2v) is 6.77. The molecular weight excluding hydrogens is 246 g/mol. The number of hydrogen-bond donors (Lipinski definition) is 1. The topological polar surface area (TPSA) is 21.3 Å². The van der Waals surface area contributed by atoms with Crippen molar-refractivity contribution in [3.05, 3.63) is 28.8 Å². The summed E-state index contributed by atoms with van der Waals surface area (Å²) in [6.07, 6.45) is 0. The van der Waals surface area contributed by atoms with Crippen LogP contribution in [-0.2, 0) is 5.41 Å². The van der Waals surface area contributed by atoms with Crippen LogP contribution in [0.1, 0.15) is 40.2 Å². The van der Waals surface area contributed by atoms with Gasteiger partial charge in [0.05, 0.1) is 7.11 Å². The zero-order valence-electron chi connectivity index (χ0n) is 12.2. The zero-order chi connectivity index (χ0) is 14.0. The van der Waals surface area contributed by atoms with Crippen LogP contribution >= 0.6 is 11.6 Å². The summed E-state index contributed by atoms with van der Waals surface area (Å²) < 4.78 is 5.43. The molecule has 2 nitrogen and oxygen atoms in total. The number of nitrogens with one attached hydrogen (secondary N) is 1. The van der Waals surface area contributed by atoms with E-state index in [4.69, 9.17) is 16.3 Å². The molecule has 0 unspecified atom stereocenters. The Morgan fingerprint density at radius 3 is 2.28 bits per heavy atom. The predicted molar refractivity (Wildman–Crippen MR) is 78.8 cm³/mol. The monoisotopic (exact) mass is 269 g/mol. The maximum atomic E-state index is 6.09. The van der Waals surface area contributed by atoms with Crippen LogP contribution in [0.5, 0.6) is 5.75 Å². The highest BCUT2D eigenvalue weighted by Crippen LogP contribution is 2.33. The summed E-state index contributed by atoms with van der Waals surface area (Å²) in [6, 6.07) is 5.78. The van der Waals surface area contributed by atoms with Gasteiger partial charge >= 0.3 is 0 Å². The molecule has 1 aromatic carbocycles. The third-order valence-corrected chi connectivity index (χ3v) is 3.19. The first-order valence-corrected chi connectivity index (χ1v) is 6.62. The van der Waals surface area contributed by atoms with E-state index < -0.39 is 0 Å². The van der Waals surface area contributed by atoms with Crippen LogP contribution in [0.3, 0.4) is 0 Å². The third kappa shape index (κ3) is 4.18. The maximum absolute atomic E-state index is 6.09. The highest BCUT2D eigenvalue weighted by atomic mass is 35.5. The lowest BCUT2D eigenvalue weighted by molar-refractivity contribution is 0.347. The molecule has 0 aliphatic heterocycles. The van der Waals surface area contributed by atoms with Gasteiger partial charge in [-0.1, -0.05) is 25.4 Å². The predicted octanol–water partition coefficient (Wildman–Crippen LogP) is 4.01. The van der Waals surface area contributed by atoms with E-state index in [0.717, 1.165) is 22.9 Å². The Bertz CT molecular complexity index is 407. The molecule has 0 aliphatic carbocycles. The van der Waals surface area contributed by atoms with Gasteiger partial charge in [-0.3, -0.25) is 0 Å². The SMILES string of the molecule is COc1ccc(Cl)cc1C(C)(C)CNC(C)(C)C. The van der Waals surface area contributed by atoms with Gasteiger partial charge in [0.1, 0.15) is 5.75 Å². The van der Waals surface area contributed by atoms with Crippen LogP contribution in [0.4, 0.5) is 0 Å². The van der Waals surface area contributed by atoms with Crippen molar-refractivity contribution in [2.45, 2.75) is 45.6 Å². The number of halogens is 1. The fourth-order valence-corrected chi connectivity index (χ4v) is 1.96. The standard InChI is InChI=1S/C15H24ClNO/c1-14(2,3)17-10-15(4,5)12-9-11(16)7-8-13(12)18-6/h7-9,17H,10H2,1-6H3. The van der Waals surface area contributed by atoms with Crippen molar-refractivity contribution < 1.29 is 4.74 Å². The molecule has 0 aliphatic rings. The highest BCUT2D eigenvalue weighted by Gasteiger charge is 2.26. The van der Waals surface area contributed by atoms with Crippen molar-refractivity contribution in [1.29, 1.82) is 0 Å². The molecule has 0 atom stereocenters. The van der Waals surface area contributed by atoms with Gasteiger partial charge in [0.2, 0.25) is 0 Å². The van der Waals surface area contributed by atoms with Gasteiger partial charge in [-0.15, -0.1) is 0 Å². The summed E-state index contributed by atoms with van der Waals surface area (Å²) in [4.78, 5) is 0. The summed E-state index contributed by atoms with van der Waals surface area (Å²) in [7, 11) is 1.69. The first-order valence-electron chi connectivity index (χ1n) is 6.25. The van der Waals surface area contributed by atoms with Gasteiger partial charge in [0.15, 0.2) is 0 Å². The van der Waals surface area contributed by atoms with Gasteiger partial charge in [-0.2, -0.15) is 0 Å². The van der Waals surface area contributed by atoms with Gasteiger partial charge in [-0.25, -0.2) is 0 Å². The van der Waals surface area contributed by atoms with E-state index >= 15 is 0 Å². The number of hydrogen-bond acceptors (Lipinski definition) is 2. The fourth-order valence-electron chi connectivity index (χ4n) is 1.79. The molecular formula is C15H24ClNO. The van der Waals surface area contributed by atoms with Crippen LogP contribution in [-0.4, -0.2) is 19.2 Å². The van der Waals surface area contributed by atoms with Crippen molar-refractivity contribution in [1.82, 2.24) is 5.32 Å². The van der Waals surface area contributed by atoms with Gasteiger partial charge in [0, 0.05) is 28.1 Å². The van der Waals surface area contributed by atoms with Crippen LogP contribution in [0.15, 0.2) is 18.2 Å². The summed E-state index contributed by atoms with van der Waals surface area (Å²) in [6.45, 7) is 11.8. The lowest BCUT2D eigenvalue weighted by Crippen LogP contribution is -2.43. The van der Waals surface area contributed by atoms with E-state index in [-0.39, 0.29) is 11.0 Å². The summed E-state index contributed by atoms with van der Waals surface area (Å²) in [5, 5.41) is 4.28. The Morgan fingerprint density at radius 2 is 1.78 bits per heavy atom. The van der Waals surface area contributed by atoms with Crippen LogP contribution < -0.4 is 10.1 Å². The number of methoxy groups -OCH3 is 1. The Hall–Kier alpha value is -0.730. The lowest BCUT2D eigenvalue weighted by Gasteiger charge is -2.32. The molecule has 1 rings (SSSR count). The largest absolute Gasteiger partial charge is 0.496 e. The van der Waals surface area contributed by atoms with Crippen molar-refractivity contribution >= 4 is 11.6 Å². The molecule has 0 fully saturated rings. The van der Waals surface area contributed by atoms with Gasteiger partial charge in [0.25, 0.3) is 0 Å². The van der Waals surface area contributed by atoms with Crippen LogP contribution in [0, 0.1) is 0 Å². The van der Waals surface area contributed by atoms with Crippen molar-refractivity contribution in [2.75, 3.05) is 13.7 Å². The van der Waals surface area contributed by atoms with Gasteiger partial charge < -0.3 is 10.1 Å². The van der Waals surface area contributed by atoms with Crippen molar-refractivity contribution in [3.63, 3.8) is 0 Å². The normalized spacial score (nSPS) is 12.6. The molecule has 0 saturated carbocycles. The number of ether oxygens (including phenoxy) is 1. The molecule has 0 amide bonds. The van der Waals surface area contributed by atoms with E-state index in [1.165, 1.54) is 0 Å². The van der Waals surface area contributed by atoms with E-state index in [1.54, 1.807) is 7.11 Å². The quantitative estimate of drug-likeness (QED) is 0.892. The third-order valence-electron chi connectivity index (χ3n) is 2.95. The van der Waals surface area contributed by atoms with Crippen LogP contribution in [0.2, 0.25) is 5.02 Å². The summed E-state index contributed by atoms with van der Waals surface area (Å²) >= 11 is 6.09. The Labute approximate surface area is 116 Å². The summed E-state index contributed by atoms with van der Waals surface area (Å²) in [5.74, 6) is 0.889. The average Bonchev–Trinajstić information content (AvgIpc) is 2.26. The van der Waals surface area contributed by atoms with Gasteiger partial charge in [-0.05, 0) is 39.0 Å². The number of benzene rings is 1. The lowest BCUT2D eigenvalue weighted by atomic mass is 9.83. The van der Waals surface area contributed by atoms with E-state index in [1.807, 2.05) is 18.2 Å². The molecule has 102 valence electrons. The Balaban J connectivity index is 2.99. The maximum Gasteiger partial charge on any atom is 0.122 e. The minimum absolute atomic E-state index is 0.0382. The average molecular weight is 270 g/mol. The van der Waals surface area contributed by atoms with Crippen molar-refractivity contribution in [2.24, 2.45) is 0 Å². The molecule has 0 aromatic heterocycles. The van der Waals surface area contributed by atoms with E-state index in [9.17, 15) is 0 Å². The zero-order valence-corrected chi connectivity index (χ0v) is 13.0. The molecule has 0 bridgehead atoms.